The van der Waals surface area contributed by atoms with Gasteiger partial charge in [-0.3, -0.25) is 39.4 Å². The van der Waals surface area contributed by atoms with Gasteiger partial charge in [0.25, 0.3) is 22.2 Å². The summed E-state index contributed by atoms with van der Waals surface area (Å²) in [6.07, 6.45) is 0. The van der Waals surface area contributed by atoms with Crippen molar-refractivity contribution in [1.82, 2.24) is 10.6 Å². The normalized spacial score (nSPS) is 11.8. The minimum atomic E-state index is -1.56. The van der Waals surface area contributed by atoms with Crippen molar-refractivity contribution in [3.8, 4) is 11.5 Å². The zero-order valence-electron chi connectivity index (χ0n) is 34.5. The number of nitrogens with zero attached hydrogens (tertiary/aromatic N) is 4. The van der Waals surface area contributed by atoms with Gasteiger partial charge in [-0.15, -0.1) is 0 Å². The van der Waals surface area contributed by atoms with Gasteiger partial charge in [-0.1, -0.05) is 84.9 Å². The zero-order chi connectivity index (χ0) is 45.3. The van der Waals surface area contributed by atoms with Crippen molar-refractivity contribution in [3.05, 3.63) is 221 Å². The number of anilines is 4. The molecule has 0 heterocycles. The molecule has 0 aromatic heterocycles. The summed E-state index contributed by atoms with van der Waals surface area (Å²) in [4.78, 5) is 84.4. The number of methoxy groups -OCH3 is 2. The van der Waals surface area contributed by atoms with E-state index >= 15 is 0 Å². The van der Waals surface area contributed by atoms with Gasteiger partial charge in [0.05, 0.1) is 24.1 Å². The smallest absolute Gasteiger partial charge is 0.269 e. The number of ether oxygens (including phenoxy) is 2. The average Bonchev–Trinajstić information content (AvgIpc) is 3.33. The monoisotopic (exact) mass is 860 g/mol. The maximum Gasteiger partial charge on any atom is 0.269 e. The second-order valence-electron chi connectivity index (χ2n) is 14.4. The highest BCUT2D eigenvalue weighted by Gasteiger charge is 2.42. The third-order valence-electron chi connectivity index (χ3n) is 10.5. The Balaban J connectivity index is 1.49. The number of nitrogens with one attached hydrogen (secondary N) is 2. The van der Waals surface area contributed by atoms with Crippen molar-refractivity contribution in [2.45, 2.75) is 25.2 Å². The van der Waals surface area contributed by atoms with E-state index in [1.54, 1.807) is 97.1 Å². The van der Waals surface area contributed by atoms with Crippen LogP contribution in [0.5, 0.6) is 11.5 Å². The molecule has 0 spiro atoms. The molecule has 0 saturated carbocycles. The Labute approximate surface area is 365 Å². The second-order valence-corrected chi connectivity index (χ2v) is 14.4. The molecule has 0 radical (unpaired) electrons. The molecule has 0 aliphatic carbocycles. The Bertz CT molecular complexity index is 2670. The third kappa shape index (κ3) is 9.30. The molecule has 16 heteroatoms. The lowest BCUT2D eigenvalue weighted by molar-refractivity contribution is -0.385. The fourth-order valence-electron chi connectivity index (χ4n) is 7.33. The molecule has 322 valence electrons. The van der Waals surface area contributed by atoms with Crippen LogP contribution in [-0.4, -0.2) is 35.9 Å². The van der Waals surface area contributed by atoms with E-state index in [0.717, 1.165) is 11.1 Å². The van der Waals surface area contributed by atoms with Gasteiger partial charge in [0.1, 0.15) is 35.0 Å². The number of carbonyl (C=O) groups is 2. The van der Waals surface area contributed by atoms with Crippen LogP contribution >= 0.6 is 0 Å². The summed E-state index contributed by atoms with van der Waals surface area (Å²) < 4.78 is 10.8. The van der Waals surface area contributed by atoms with E-state index in [4.69, 9.17) is 9.47 Å². The van der Waals surface area contributed by atoms with Gasteiger partial charge in [-0.2, -0.15) is 0 Å². The van der Waals surface area contributed by atoms with Crippen LogP contribution in [0.2, 0.25) is 0 Å². The fourth-order valence-corrected chi connectivity index (χ4v) is 7.33. The average molecular weight is 861 g/mol. The highest BCUT2D eigenvalue weighted by atomic mass is 16.6. The van der Waals surface area contributed by atoms with Gasteiger partial charge in [-0.25, -0.2) is 0 Å². The van der Waals surface area contributed by atoms with E-state index in [9.17, 15) is 39.4 Å². The quantitative estimate of drug-likeness (QED) is 0.0489. The fraction of sp³-hybridized carbons (Fsp3) is 0.125. The first-order chi connectivity index (χ1) is 31.0. The SMILES string of the molecule is COc1ccc(N(c2c(N(c3ccc(OC)cc3)C(C(=O)NCc3ccccc3)c3cccc([N+](=O)[O-])c3)c(=O)c2=O)C(C(=O)NCc2ccccc2)c2cccc([N+](=O)[O-])c2)cc1. The van der Waals surface area contributed by atoms with Crippen molar-refractivity contribution in [1.29, 1.82) is 0 Å². The van der Waals surface area contributed by atoms with Crippen molar-refractivity contribution in [2.24, 2.45) is 0 Å². The predicted molar refractivity (Wildman–Crippen MR) is 240 cm³/mol. The molecule has 0 bridgehead atoms. The van der Waals surface area contributed by atoms with Crippen molar-refractivity contribution >= 4 is 45.9 Å². The number of carbonyl (C=O) groups excluding carboxylic acids is 2. The minimum absolute atomic E-state index is 0.0226. The number of amides is 2. The first-order valence-electron chi connectivity index (χ1n) is 19.8. The topological polar surface area (TPSA) is 204 Å². The van der Waals surface area contributed by atoms with E-state index in [1.807, 2.05) is 12.1 Å². The molecular formula is C48H40N6O10. The molecule has 7 aromatic carbocycles. The maximum absolute atomic E-state index is 14.8. The third-order valence-corrected chi connectivity index (χ3v) is 10.5. The van der Waals surface area contributed by atoms with Crippen LogP contribution in [0, 0.1) is 20.2 Å². The summed E-state index contributed by atoms with van der Waals surface area (Å²) >= 11 is 0. The number of non-ortho nitro benzene ring substituents is 2. The lowest BCUT2D eigenvalue weighted by atomic mass is 9.96. The van der Waals surface area contributed by atoms with Crippen LogP contribution in [0.3, 0.4) is 0 Å². The molecule has 0 saturated heterocycles. The maximum atomic E-state index is 14.8. The summed E-state index contributed by atoms with van der Waals surface area (Å²) in [5.74, 6) is -0.581. The van der Waals surface area contributed by atoms with Gasteiger partial charge in [0.15, 0.2) is 0 Å². The van der Waals surface area contributed by atoms with Gasteiger partial charge < -0.3 is 29.9 Å². The number of benzene rings is 6. The molecule has 2 unspecified atom stereocenters. The van der Waals surface area contributed by atoms with Gasteiger partial charge in [0, 0.05) is 48.7 Å². The molecule has 64 heavy (non-hydrogen) atoms. The molecular weight excluding hydrogens is 821 g/mol. The van der Waals surface area contributed by atoms with Crippen LogP contribution in [0.4, 0.5) is 34.1 Å². The molecule has 2 amide bonds. The molecule has 0 aliphatic rings. The van der Waals surface area contributed by atoms with Gasteiger partial charge >= 0.3 is 0 Å². The molecule has 0 fully saturated rings. The molecule has 16 nitrogen and oxygen atoms in total. The molecule has 2 N–H and O–H groups in total. The molecule has 7 rings (SSSR count). The Morgan fingerprint density at radius 1 is 0.531 bits per heavy atom. The van der Waals surface area contributed by atoms with Crippen LogP contribution in [0.1, 0.15) is 34.3 Å². The Kier molecular flexibility index (Phi) is 13.1. The lowest BCUT2D eigenvalue weighted by Crippen LogP contribution is -2.49. The second kappa shape index (κ2) is 19.4. The van der Waals surface area contributed by atoms with E-state index < -0.39 is 44.6 Å². The van der Waals surface area contributed by atoms with Gasteiger partial charge in [0.2, 0.25) is 11.8 Å². The van der Waals surface area contributed by atoms with Crippen molar-refractivity contribution in [2.75, 3.05) is 24.0 Å². The zero-order valence-corrected chi connectivity index (χ0v) is 34.5. The van der Waals surface area contributed by atoms with Crippen molar-refractivity contribution < 1.29 is 28.9 Å². The van der Waals surface area contributed by atoms with E-state index in [2.05, 4.69) is 10.6 Å². The van der Waals surface area contributed by atoms with E-state index in [-0.39, 0.29) is 58.3 Å². The number of hydrogen-bond donors (Lipinski definition) is 2. The van der Waals surface area contributed by atoms with Crippen LogP contribution < -0.4 is 40.8 Å². The number of nitro benzene ring substituents is 2. The van der Waals surface area contributed by atoms with Crippen LogP contribution in [0.15, 0.2) is 167 Å². The summed E-state index contributed by atoms with van der Waals surface area (Å²) in [7, 11) is 2.90. The summed E-state index contributed by atoms with van der Waals surface area (Å²) in [5, 5.41) is 30.1. The summed E-state index contributed by atoms with van der Waals surface area (Å²) in [6.45, 7) is 0.0451. The Morgan fingerprint density at radius 3 is 1.22 bits per heavy atom. The van der Waals surface area contributed by atoms with Gasteiger partial charge in [-0.05, 0) is 70.8 Å². The molecule has 7 aromatic rings. The highest BCUT2D eigenvalue weighted by molar-refractivity contribution is 5.97. The molecule has 0 aliphatic heterocycles. The standard InChI is InChI=1S/C48H40N6O10/c1-63-39-23-19-35(20-24-39)51(41(33-15-9-17-37(27-33)53(59)60)47(57)49-29-31-11-5-3-6-12-31)43-44(46(56)45(43)55)52(36-21-25-40(64-2)26-22-36)42(34-16-10-18-38(28-34)54(61)62)48(58)50-30-32-13-7-4-8-14-32/h3-28,41-42H,29-30H2,1-2H3,(H,49,57)(H,50,58). The first-order valence-corrected chi connectivity index (χ1v) is 19.8. The minimum Gasteiger partial charge on any atom is -0.497 e. The lowest BCUT2D eigenvalue weighted by Gasteiger charge is -2.39. The number of rotatable bonds is 18. The summed E-state index contributed by atoms with van der Waals surface area (Å²) in [6, 6.07) is 38.1. The van der Waals surface area contributed by atoms with E-state index in [0.29, 0.717) is 11.5 Å². The number of hydrogen-bond acceptors (Lipinski definition) is 12. The number of nitro groups is 2. The molecule has 2 atom stereocenters. The van der Waals surface area contributed by atoms with Crippen LogP contribution in [0.25, 0.3) is 0 Å². The largest absolute Gasteiger partial charge is 0.497 e. The Hall–Kier alpha value is -8.66. The predicted octanol–water partition coefficient (Wildman–Crippen LogP) is 7.51. The van der Waals surface area contributed by atoms with Crippen molar-refractivity contribution in [3.63, 3.8) is 0 Å². The summed E-state index contributed by atoms with van der Waals surface area (Å²) in [5.41, 5.74) is -1.46. The van der Waals surface area contributed by atoms with Crippen LogP contribution in [-0.2, 0) is 22.7 Å². The first kappa shape index (κ1) is 43.4. The highest BCUT2D eigenvalue weighted by Crippen LogP contribution is 2.45. The Morgan fingerprint density at radius 2 is 0.891 bits per heavy atom. The van der Waals surface area contributed by atoms with E-state index in [1.165, 1.54) is 72.6 Å².